The minimum absolute atomic E-state index is 0.0194. The molecule has 0 spiro atoms. The van der Waals surface area contributed by atoms with E-state index in [9.17, 15) is 18.0 Å². The zero-order valence-corrected chi connectivity index (χ0v) is 14.3. The summed E-state index contributed by atoms with van der Waals surface area (Å²) >= 11 is 5.87. The summed E-state index contributed by atoms with van der Waals surface area (Å²) in [6, 6.07) is 1.22. The summed E-state index contributed by atoms with van der Waals surface area (Å²) in [6.07, 6.45) is 3.19. The molecule has 1 saturated heterocycles. The van der Waals surface area contributed by atoms with E-state index in [0.29, 0.717) is 17.9 Å². The number of carbonyl (C=O) groups excluding carboxylic acids is 1. The third-order valence-corrected chi connectivity index (χ3v) is 6.12. The number of nitrogens with one attached hydrogen (secondary N) is 2. The highest BCUT2D eigenvalue weighted by atomic mass is 35.5. The van der Waals surface area contributed by atoms with E-state index in [-0.39, 0.29) is 28.1 Å². The van der Waals surface area contributed by atoms with E-state index in [2.05, 4.69) is 15.4 Å². The lowest BCUT2D eigenvalue weighted by atomic mass is 10.2. The van der Waals surface area contributed by atoms with Crippen LogP contribution in [0.4, 0.5) is 5.82 Å². The first kappa shape index (κ1) is 16.7. The lowest BCUT2D eigenvalue weighted by Gasteiger charge is -2.13. The van der Waals surface area contributed by atoms with Crippen LogP contribution < -0.4 is 10.7 Å². The zero-order valence-electron chi connectivity index (χ0n) is 12.7. The van der Waals surface area contributed by atoms with Crippen molar-refractivity contribution in [3.05, 3.63) is 45.0 Å². The summed E-state index contributed by atoms with van der Waals surface area (Å²) in [5, 5.41) is 6.63. The molecule has 2 aromatic heterocycles. The van der Waals surface area contributed by atoms with Crippen LogP contribution in [0.3, 0.4) is 0 Å². The fourth-order valence-electron chi connectivity index (χ4n) is 2.62. The maximum Gasteiger partial charge on any atom is 0.262 e. The molecule has 128 valence electrons. The van der Waals surface area contributed by atoms with Crippen molar-refractivity contribution in [3.63, 3.8) is 0 Å². The molecule has 1 aliphatic heterocycles. The van der Waals surface area contributed by atoms with Crippen molar-refractivity contribution < 1.29 is 13.2 Å². The molecule has 0 unspecified atom stereocenters. The lowest BCUT2D eigenvalue weighted by molar-refractivity contribution is 0.102. The zero-order chi connectivity index (χ0) is 17.5. The van der Waals surface area contributed by atoms with Crippen LogP contribution in [0, 0.1) is 6.92 Å². The van der Waals surface area contributed by atoms with Crippen molar-refractivity contribution in [1.82, 2.24) is 14.8 Å². The molecule has 8 nitrogen and oxygen atoms in total. The number of hydrogen-bond acceptors (Lipinski definition) is 5. The topological polar surface area (TPSA) is 114 Å². The van der Waals surface area contributed by atoms with Gasteiger partial charge < -0.3 is 10.3 Å². The lowest BCUT2D eigenvalue weighted by Crippen LogP contribution is -2.25. The molecule has 0 aromatic carbocycles. The molecular weight excluding hydrogens is 356 g/mol. The number of halogens is 1. The van der Waals surface area contributed by atoms with Crippen LogP contribution in [0.5, 0.6) is 0 Å². The number of hydrogen-bond donors (Lipinski definition) is 2. The minimum atomic E-state index is -3.08. The summed E-state index contributed by atoms with van der Waals surface area (Å²) in [5.74, 6) is -0.230. The molecule has 1 fully saturated rings. The number of amides is 1. The SMILES string of the molecule is Cc1[nH]cc(C(=O)Nc2ccnn2[C@@H]2CCS(=O)(=O)C2)c(=O)c1Cl. The Morgan fingerprint density at radius 2 is 2.25 bits per heavy atom. The Balaban J connectivity index is 1.86. The van der Waals surface area contributed by atoms with Gasteiger partial charge in [-0.1, -0.05) is 11.6 Å². The number of rotatable bonds is 3. The van der Waals surface area contributed by atoms with Gasteiger partial charge in [-0.25, -0.2) is 13.1 Å². The van der Waals surface area contributed by atoms with Gasteiger partial charge in [-0.2, -0.15) is 5.10 Å². The molecule has 0 radical (unpaired) electrons. The van der Waals surface area contributed by atoms with Gasteiger partial charge in [0.05, 0.1) is 23.7 Å². The van der Waals surface area contributed by atoms with Crippen LogP contribution in [0.1, 0.15) is 28.5 Å². The molecule has 0 saturated carbocycles. The Morgan fingerprint density at radius 3 is 2.92 bits per heavy atom. The van der Waals surface area contributed by atoms with E-state index < -0.39 is 21.2 Å². The molecule has 1 amide bonds. The fraction of sp³-hybridized carbons (Fsp3) is 0.357. The van der Waals surface area contributed by atoms with Crippen LogP contribution in [0.25, 0.3) is 0 Å². The van der Waals surface area contributed by atoms with E-state index in [0.717, 1.165) is 0 Å². The van der Waals surface area contributed by atoms with Gasteiger partial charge in [-0.05, 0) is 13.3 Å². The maximum atomic E-state index is 12.3. The summed E-state index contributed by atoms with van der Waals surface area (Å²) in [4.78, 5) is 27.2. The number of H-pyrrole nitrogens is 1. The average molecular weight is 371 g/mol. The fourth-order valence-corrected chi connectivity index (χ4v) is 4.47. The van der Waals surface area contributed by atoms with Crippen LogP contribution >= 0.6 is 11.6 Å². The second-order valence-electron chi connectivity index (χ2n) is 5.64. The van der Waals surface area contributed by atoms with Crippen molar-refractivity contribution >= 4 is 33.2 Å². The van der Waals surface area contributed by atoms with E-state index in [1.165, 1.54) is 17.1 Å². The first-order valence-corrected chi connectivity index (χ1v) is 9.41. The molecule has 0 aliphatic carbocycles. The molecule has 1 aliphatic rings. The number of aryl methyl sites for hydroxylation is 1. The molecule has 24 heavy (non-hydrogen) atoms. The first-order chi connectivity index (χ1) is 11.3. The number of anilines is 1. The molecule has 2 N–H and O–H groups in total. The number of sulfone groups is 1. The third kappa shape index (κ3) is 3.09. The van der Waals surface area contributed by atoms with Gasteiger partial charge >= 0.3 is 0 Å². The Bertz CT molecular complexity index is 963. The molecular formula is C14H15ClN4O4S. The highest BCUT2D eigenvalue weighted by Crippen LogP contribution is 2.26. The van der Waals surface area contributed by atoms with Crippen molar-refractivity contribution in [2.75, 3.05) is 16.8 Å². The first-order valence-electron chi connectivity index (χ1n) is 7.21. The van der Waals surface area contributed by atoms with Gasteiger partial charge in [0.2, 0.25) is 5.43 Å². The summed E-state index contributed by atoms with van der Waals surface area (Å²) in [7, 11) is -3.08. The maximum absolute atomic E-state index is 12.3. The van der Waals surface area contributed by atoms with Gasteiger partial charge in [-0.3, -0.25) is 9.59 Å². The van der Waals surface area contributed by atoms with Gasteiger partial charge in [0, 0.05) is 18.0 Å². The molecule has 10 heteroatoms. The summed E-state index contributed by atoms with van der Waals surface area (Å²) < 4.78 is 24.7. The van der Waals surface area contributed by atoms with Crippen molar-refractivity contribution in [2.45, 2.75) is 19.4 Å². The number of pyridine rings is 1. The largest absolute Gasteiger partial charge is 0.363 e. The van der Waals surface area contributed by atoms with E-state index in [4.69, 9.17) is 11.6 Å². The second kappa shape index (κ2) is 6.06. The van der Waals surface area contributed by atoms with Gasteiger partial charge in [0.15, 0.2) is 9.84 Å². The Labute approximate surface area is 142 Å². The number of nitrogens with zero attached hydrogens (tertiary/aromatic N) is 2. The highest BCUT2D eigenvalue weighted by molar-refractivity contribution is 7.91. The molecule has 0 bridgehead atoms. The number of aromatic nitrogens is 3. The predicted molar refractivity (Wildman–Crippen MR) is 89.3 cm³/mol. The highest BCUT2D eigenvalue weighted by Gasteiger charge is 2.31. The second-order valence-corrected chi connectivity index (χ2v) is 8.25. The molecule has 3 rings (SSSR count). The molecule has 1 atom stereocenters. The minimum Gasteiger partial charge on any atom is -0.363 e. The van der Waals surface area contributed by atoms with Gasteiger partial charge in [0.1, 0.15) is 16.4 Å². The van der Waals surface area contributed by atoms with Crippen molar-refractivity contribution in [3.8, 4) is 0 Å². The van der Waals surface area contributed by atoms with Crippen LogP contribution in [-0.4, -0.2) is 40.6 Å². The summed E-state index contributed by atoms with van der Waals surface area (Å²) in [5.41, 5.74) is -0.225. The Morgan fingerprint density at radius 1 is 1.50 bits per heavy atom. The monoisotopic (exact) mass is 370 g/mol. The van der Waals surface area contributed by atoms with E-state index >= 15 is 0 Å². The average Bonchev–Trinajstić information content (AvgIpc) is 3.10. The van der Waals surface area contributed by atoms with Gasteiger partial charge in [-0.15, -0.1) is 0 Å². The number of carbonyl (C=O) groups is 1. The molecule has 3 heterocycles. The Kier molecular flexibility index (Phi) is 4.22. The standard InChI is InChI=1S/C14H15ClN4O4S/c1-8-12(15)13(20)10(6-16-8)14(21)18-11-2-4-17-19(11)9-3-5-24(22,23)7-9/h2,4,6,9H,3,5,7H2,1H3,(H,16,20)(H,18,21)/t9-/m1/s1. The third-order valence-electron chi connectivity index (χ3n) is 3.92. The predicted octanol–water partition coefficient (Wildman–Crippen LogP) is 1.15. The van der Waals surface area contributed by atoms with E-state index in [1.54, 1.807) is 13.0 Å². The summed E-state index contributed by atoms with van der Waals surface area (Å²) in [6.45, 7) is 1.63. The quantitative estimate of drug-likeness (QED) is 0.841. The van der Waals surface area contributed by atoms with Crippen molar-refractivity contribution in [1.29, 1.82) is 0 Å². The van der Waals surface area contributed by atoms with Gasteiger partial charge in [0.25, 0.3) is 5.91 Å². The van der Waals surface area contributed by atoms with Crippen LogP contribution in [0.2, 0.25) is 5.02 Å². The van der Waals surface area contributed by atoms with Crippen LogP contribution in [0.15, 0.2) is 23.3 Å². The van der Waals surface area contributed by atoms with E-state index in [1.807, 2.05) is 0 Å². The molecule has 2 aromatic rings. The number of aromatic amines is 1. The smallest absolute Gasteiger partial charge is 0.262 e. The normalized spacial score (nSPS) is 19.3. The Hall–Kier alpha value is -2.13. The van der Waals surface area contributed by atoms with Crippen molar-refractivity contribution in [2.24, 2.45) is 0 Å². The van der Waals surface area contributed by atoms with Crippen LogP contribution in [-0.2, 0) is 9.84 Å².